The largest absolute Gasteiger partial charge is 0.387 e. The second kappa shape index (κ2) is 9.54. The van der Waals surface area contributed by atoms with Crippen LogP contribution in [0.1, 0.15) is 53.0 Å². The molecule has 1 aromatic heterocycles. The van der Waals surface area contributed by atoms with Crippen LogP contribution in [0.25, 0.3) is 11.3 Å². The number of aromatic nitrogens is 2. The molecule has 3 heterocycles. The van der Waals surface area contributed by atoms with Crippen LogP contribution in [0.4, 0.5) is 8.78 Å². The number of carbonyl (C=O) groups is 2. The summed E-state index contributed by atoms with van der Waals surface area (Å²) >= 11 is 6.52. The van der Waals surface area contributed by atoms with Crippen LogP contribution in [0.3, 0.4) is 0 Å². The maximum atomic E-state index is 13.9. The molecule has 2 atom stereocenters. The van der Waals surface area contributed by atoms with Gasteiger partial charge in [-0.05, 0) is 56.0 Å². The van der Waals surface area contributed by atoms with E-state index in [1.165, 1.54) is 12.1 Å². The van der Waals surface area contributed by atoms with Crippen molar-refractivity contribution in [2.24, 2.45) is 7.05 Å². The third kappa shape index (κ3) is 4.85. The number of aryl methyl sites for hydroxylation is 2. The lowest BCUT2D eigenvalue weighted by molar-refractivity contribution is -0.120. The maximum Gasteiger partial charge on any atom is 0.255 e. The summed E-state index contributed by atoms with van der Waals surface area (Å²) in [6, 6.07) is 8.24. The summed E-state index contributed by atoms with van der Waals surface area (Å²) in [4.78, 5) is 26.6. The summed E-state index contributed by atoms with van der Waals surface area (Å²) in [7, 11) is 1.72. The summed E-state index contributed by atoms with van der Waals surface area (Å²) < 4.78 is 29.4. The zero-order chi connectivity index (χ0) is 26.5. The molecular weight excluding hydrogens is 502 g/mol. The molecule has 2 aliphatic rings. The fourth-order valence-electron chi connectivity index (χ4n) is 5.36. The average Bonchev–Trinajstić information content (AvgIpc) is 3.36. The SMILES string of the molecule is C[C@@H]1c2nn(C)c(-c3cc(F)cc(F)c3)c2CCN1C(=O)c1ccc(CCC2(O)CNC(=O)C2)cc1Cl. The predicted molar refractivity (Wildman–Crippen MR) is 134 cm³/mol. The van der Waals surface area contributed by atoms with Crippen LogP contribution in [-0.4, -0.2) is 50.3 Å². The Labute approximate surface area is 218 Å². The molecule has 2 aromatic carbocycles. The van der Waals surface area contributed by atoms with Crippen molar-refractivity contribution in [1.29, 1.82) is 0 Å². The first kappa shape index (κ1) is 25.4. The Kier molecular flexibility index (Phi) is 6.53. The Hall–Kier alpha value is -3.30. The number of hydrogen-bond donors (Lipinski definition) is 2. The van der Waals surface area contributed by atoms with Gasteiger partial charge in [-0.1, -0.05) is 17.7 Å². The maximum absolute atomic E-state index is 13.9. The molecule has 0 radical (unpaired) electrons. The van der Waals surface area contributed by atoms with Crippen LogP contribution >= 0.6 is 11.6 Å². The van der Waals surface area contributed by atoms with Crippen molar-refractivity contribution < 1.29 is 23.5 Å². The quantitative estimate of drug-likeness (QED) is 0.525. The van der Waals surface area contributed by atoms with Gasteiger partial charge in [-0.25, -0.2) is 8.78 Å². The lowest BCUT2D eigenvalue weighted by Gasteiger charge is -2.33. The molecule has 0 spiro atoms. The Morgan fingerprint density at radius 3 is 2.62 bits per heavy atom. The number of β-amino-alcohol motifs (C(OH)–C–C–N with tert-alkyl or cyclic N) is 1. The highest BCUT2D eigenvalue weighted by Crippen LogP contribution is 2.37. The topological polar surface area (TPSA) is 87.5 Å². The van der Waals surface area contributed by atoms with E-state index >= 15 is 0 Å². The van der Waals surface area contributed by atoms with E-state index in [1.54, 1.807) is 28.8 Å². The Balaban J connectivity index is 1.34. The van der Waals surface area contributed by atoms with Crippen LogP contribution in [0.5, 0.6) is 0 Å². The van der Waals surface area contributed by atoms with Crippen molar-refractivity contribution in [3.05, 3.63) is 75.4 Å². The van der Waals surface area contributed by atoms with E-state index in [4.69, 9.17) is 11.6 Å². The molecule has 2 N–H and O–H groups in total. The number of halogens is 3. The van der Waals surface area contributed by atoms with Crippen molar-refractivity contribution in [3.8, 4) is 11.3 Å². The van der Waals surface area contributed by atoms with Crippen LogP contribution in [0.15, 0.2) is 36.4 Å². The number of carbonyl (C=O) groups excluding carboxylic acids is 2. The highest BCUT2D eigenvalue weighted by atomic mass is 35.5. The molecule has 1 saturated heterocycles. The van der Waals surface area contributed by atoms with E-state index in [2.05, 4.69) is 10.4 Å². The van der Waals surface area contributed by atoms with Crippen molar-refractivity contribution >= 4 is 23.4 Å². The van der Waals surface area contributed by atoms with E-state index < -0.39 is 17.2 Å². The summed E-state index contributed by atoms with van der Waals surface area (Å²) in [5, 5.41) is 18.1. The second-order valence-corrected chi connectivity index (χ2v) is 10.3. The zero-order valence-electron chi connectivity index (χ0n) is 20.5. The monoisotopic (exact) mass is 528 g/mol. The minimum Gasteiger partial charge on any atom is -0.387 e. The molecule has 194 valence electrons. The van der Waals surface area contributed by atoms with E-state index in [0.29, 0.717) is 53.3 Å². The number of amides is 2. The first-order valence-corrected chi connectivity index (χ1v) is 12.5. The minimum absolute atomic E-state index is 0.0789. The van der Waals surface area contributed by atoms with E-state index in [-0.39, 0.29) is 30.8 Å². The standard InChI is InChI=1S/C27H27ClF2N4O3/c1-15-24-21(25(33(2)32-24)17-10-18(29)12-19(30)11-17)6-8-34(15)26(36)20-4-3-16(9-22(20)28)5-7-27(37)13-23(35)31-14-27/h3-4,9-12,15,37H,5-8,13-14H2,1-2H3,(H,31,35)/t15-,27?/m1/s1. The Morgan fingerprint density at radius 2 is 1.97 bits per heavy atom. The minimum atomic E-state index is -1.07. The Bertz CT molecular complexity index is 1390. The lowest BCUT2D eigenvalue weighted by Crippen LogP contribution is -2.39. The first-order chi connectivity index (χ1) is 17.5. The number of rotatable bonds is 5. The fourth-order valence-corrected chi connectivity index (χ4v) is 5.64. The normalized spacial score (nSPS) is 21.2. The number of nitrogens with one attached hydrogen (secondary N) is 1. The van der Waals surface area contributed by atoms with Crippen LogP contribution in [-0.2, 0) is 24.7 Å². The van der Waals surface area contributed by atoms with E-state index in [0.717, 1.165) is 17.2 Å². The highest BCUT2D eigenvalue weighted by molar-refractivity contribution is 6.33. The fraction of sp³-hybridized carbons (Fsp3) is 0.370. The van der Waals surface area contributed by atoms with Gasteiger partial charge in [-0.3, -0.25) is 14.3 Å². The zero-order valence-corrected chi connectivity index (χ0v) is 21.3. The second-order valence-electron chi connectivity index (χ2n) is 9.91. The molecule has 1 fully saturated rings. The molecule has 0 aliphatic carbocycles. The number of aliphatic hydroxyl groups is 1. The summed E-state index contributed by atoms with van der Waals surface area (Å²) in [6.45, 7) is 2.50. The lowest BCUT2D eigenvalue weighted by atomic mass is 9.93. The van der Waals surface area contributed by atoms with Crippen molar-refractivity contribution in [3.63, 3.8) is 0 Å². The van der Waals surface area contributed by atoms with Crippen molar-refractivity contribution in [2.75, 3.05) is 13.1 Å². The highest BCUT2D eigenvalue weighted by Gasteiger charge is 2.36. The van der Waals surface area contributed by atoms with Gasteiger partial charge in [-0.15, -0.1) is 0 Å². The van der Waals surface area contributed by atoms with Gasteiger partial charge < -0.3 is 15.3 Å². The average molecular weight is 529 g/mol. The van der Waals surface area contributed by atoms with E-state index in [1.807, 2.05) is 13.0 Å². The van der Waals surface area contributed by atoms with Crippen LogP contribution in [0.2, 0.25) is 5.02 Å². The Morgan fingerprint density at radius 1 is 1.24 bits per heavy atom. The molecular formula is C27H27ClF2N4O3. The van der Waals surface area contributed by atoms with Gasteiger partial charge in [-0.2, -0.15) is 5.10 Å². The molecule has 2 aliphatic heterocycles. The van der Waals surface area contributed by atoms with Gasteiger partial charge in [0, 0.05) is 37.3 Å². The molecule has 37 heavy (non-hydrogen) atoms. The van der Waals surface area contributed by atoms with Crippen molar-refractivity contribution in [1.82, 2.24) is 20.0 Å². The van der Waals surface area contributed by atoms with E-state index in [9.17, 15) is 23.5 Å². The summed E-state index contributed by atoms with van der Waals surface area (Å²) in [5.74, 6) is -1.72. The van der Waals surface area contributed by atoms with Gasteiger partial charge in [0.1, 0.15) is 11.6 Å². The van der Waals surface area contributed by atoms with Gasteiger partial charge in [0.25, 0.3) is 5.91 Å². The molecule has 1 unspecified atom stereocenters. The number of fused-ring (bicyclic) bond motifs is 1. The van der Waals surface area contributed by atoms with Gasteiger partial charge in [0.2, 0.25) is 5.91 Å². The number of nitrogens with zero attached hydrogens (tertiary/aromatic N) is 3. The third-order valence-electron chi connectivity index (χ3n) is 7.29. The van der Waals surface area contributed by atoms with Gasteiger partial charge >= 0.3 is 0 Å². The summed E-state index contributed by atoms with van der Waals surface area (Å²) in [5.41, 5.74) is 2.74. The predicted octanol–water partition coefficient (Wildman–Crippen LogP) is 3.96. The molecule has 10 heteroatoms. The number of benzene rings is 2. The van der Waals surface area contributed by atoms with Gasteiger partial charge in [0.05, 0.1) is 40.0 Å². The molecule has 7 nitrogen and oxygen atoms in total. The molecule has 0 bridgehead atoms. The smallest absolute Gasteiger partial charge is 0.255 e. The molecule has 3 aromatic rings. The van der Waals surface area contributed by atoms with Crippen molar-refractivity contribution in [2.45, 2.75) is 44.2 Å². The first-order valence-electron chi connectivity index (χ1n) is 12.2. The summed E-state index contributed by atoms with van der Waals surface area (Å²) in [6.07, 6.45) is 1.47. The number of hydrogen-bond acceptors (Lipinski definition) is 4. The molecule has 2 amide bonds. The van der Waals surface area contributed by atoms with Gasteiger partial charge in [0.15, 0.2) is 0 Å². The van der Waals surface area contributed by atoms with Crippen LogP contribution in [0, 0.1) is 11.6 Å². The third-order valence-corrected chi connectivity index (χ3v) is 7.60. The van der Waals surface area contributed by atoms with Crippen LogP contribution < -0.4 is 5.32 Å². The molecule has 5 rings (SSSR count). The molecule has 0 saturated carbocycles.